The molecule has 1 atom stereocenters. The Morgan fingerprint density at radius 1 is 0.786 bits per heavy atom. The normalized spacial score (nSPS) is 12.6. The minimum absolute atomic E-state index is 0. The van der Waals surface area contributed by atoms with Gasteiger partial charge in [-0.05, 0) is 6.42 Å². The van der Waals surface area contributed by atoms with Gasteiger partial charge >= 0.3 is 5.97 Å². The molecule has 0 spiro atoms. The maximum Gasteiger partial charge on any atom is 0.306 e. The number of halogens is 1. The molecule has 0 aliphatic carbocycles. The first-order valence-corrected chi connectivity index (χ1v) is 11.5. The molecule has 0 amide bonds. The van der Waals surface area contributed by atoms with Crippen molar-refractivity contribution in [1.82, 2.24) is 0 Å². The molecule has 0 aromatic rings. The number of ether oxygens (including phenoxy) is 1. The van der Waals surface area contributed by atoms with Crippen LogP contribution in [-0.4, -0.2) is 56.0 Å². The van der Waals surface area contributed by atoms with Gasteiger partial charge < -0.3 is 14.3 Å². The van der Waals surface area contributed by atoms with Gasteiger partial charge in [0.15, 0.2) is 0 Å². The van der Waals surface area contributed by atoms with Gasteiger partial charge in [-0.15, -0.1) is 12.4 Å². The van der Waals surface area contributed by atoms with Gasteiger partial charge in [-0.1, -0.05) is 90.4 Å². The summed E-state index contributed by atoms with van der Waals surface area (Å²) < 4.78 is 6.57. The van der Waals surface area contributed by atoms with Crippen LogP contribution in [0.25, 0.3) is 0 Å². The number of unbranched alkanes of at least 4 members (excludes halogenated alkanes) is 13. The zero-order valence-corrected chi connectivity index (χ0v) is 20.0. The Labute approximate surface area is 181 Å². The smallest absolute Gasteiger partial charge is 0.306 e. The fraction of sp³-hybridized carbons (Fsp3) is 0.957. The van der Waals surface area contributed by atoms with E-state index in [1.54, 1.807) is 0 Å². The van der Waals surface area contributed by atoms with E-state index in [1.165, 1.54) is 83.5 Å². The Morgan fingerprint density at radius 3 is 1.54 bits per heavy atom. The summed E-state index contributed by atoms with van der Waals surface area (Å²) in [5, 5.41) is 9.02. The third kappa shape index (κ3) is 23.7. The first-order chi connectivity index (χ1) is 12.8. The van der Waals surface area contributed by atoms with E-state index >= 15 is 0 Å². The molecule has 0 saturated carbocycles. The maximum atomic E-state index is 11.0. The van der Waals surface area contributed by atoms with Crippen molar-refractivity contribution in [1.29, 1.82) is 0 Å². The molecule has 170 valence electrons. The topological polar surface area (TPSA) is 46.5 Å². The van der Waals surface area contributed by atoms with Gasteiger partial charge in [-0.25, -0.2) is 0 Å². The minimum Gasteiger partial charge on any atom is -0.481 e. The lowest BCUT2D eigenvalue weighted by atomic mass is 10.0. The van der Waals surface area contributed by atoms with E-state index in [-0.39, 0.29) is 24.9 Å². The molecule has 5 heteroatoms. The van der Waals surface area contributed by atoms with E-state index in [2.05, 4.69) is 28.1 Å². The summed E-state index contributed by atoms with van der Waals surface area (Å²) in [6.07, 6.45) is 18.8. The first-order valence-electron chi connectivity index (χ1n) is 11.5. The number of carboxylic acids is 1. The zero-order chi connectivity index (χ0) is 20.4. The summed E-state index contributed by atoms with van der Waals surface area (Å²) in [7, 11) is 6.22. The monoisotopic (exact) mass is 422 g/mol. The van der Waals surface area contributed by atoms with Crippen molar-refractivity contribution in [3.05, 3.63) is 0 Å². The molecule has 0 aromatic carbocycles. The van der Waals surface area contributed by atoms with Crippen molar-refractivity contribution in [2.75, 3.05) is 34.3 Å². The number of nitrogens with zero attached hydrogens (tertiary/aromatic N) is 1. The van der Waals surface area contributed by atoms with Crippen LogP contribution in [0.3, 0.4) is 0 Å². The molecular weight excluding hydrogens is 374 g/mol. The Hall–Kier alpha value is -0.320. The van der Waals surface area contributed by atoms with Crippen LogP contribution in [0, 0.1) is 0 Å². The SMILES string of the molecule is CCCCCCCCCCCCCCCCOC(CC(=O)O)C[N+](C)(C)C.Cl. The lowest BCUT2D eigenvalue weighted by molar-refractivity contribution is -0.873. The van der Waals surface area contributed by atoms with Crippen molar-refractivity contribution in [2.45, 2.75) is 109 Å². The summed E-state index contributed by atoms with van der Waals surface area (Å²) in [5.41, 5.74) is 0. The molecule has 0 aliphatic heterocycles. The average molecular weight is 423 g/mol. The predicted octanol–water partition coefficient (Wildman–Crippen LogP) is 6.46. The standard InChI is InChI=1S/C23H47NO3.ClH/c1-5-6-7-8-9-10-11-12-13-14-15-16-17-18-19-27-22(20-23(25)26)21-24(2,3)4;/h22H,5-21H2,1-4H3;1H/p+1. The van der Waals surface area contributed by atoms with E-state index in [1.807, 2.05) is 0 Å². The molecular formula is C23H49ClNO3+. The fourth-order valence-electron chi connectivity index (χ4n) is 3.53. The van der Waals surface area contributed by atoms with Crippen LogP contribution in [0.2, 0.25) is 0 Å². The molecule has 1 unspecified atom stereocenters. The number of carbonyl (C=O) groups is 1. The van der Waals surface area contributed by atoms with Crippen LogP contribution in [0.4, 0.5) is 0 Å². The van der Waals surface area contributed by atoms with Gasteiger partial charge in [0.2, 0.25) is 0 Å². The fourth-order valence-corrected chi connectivity index (χ4v) is 3.53. The predicted molar refractivity (Wildman–Crippen MR) is 122 cm³/mol. The molecule has 0 radical (unpaired) electrons. The second kappa shape index (κ2) is 20.0. The molecule has 0 aliphatic rings. The Balaban J connectivity index is 0. The summed E-state index contributed by atoms with van der Waals surface area (Å²) >= 11 is 0. The van der Waals surface area contributed by atoms with Crippen LogP contribution in [-0.2, 0) is 9.53 Å². The van der Waals surface area contributed by atoms with Gasteiger partial charge in [0, 0.05) is 6.61 Å². The van der Waals surface area contributed by atoms with Crippen LogP contribution >= 0.6 is 12.4 Å². The number of hydrogen-bond acceptors (Lipinski definition) is 2. The van der Waals surface area contributed by atoms with Gasteiger partial charge in [-0.2, -0.15) is 0 Å². The van der Waals surface area contributed by atoms with E-state index in [9.17, 15) is 4.79 Å². The van der Waals surface area contributed by atoms with Crippen molar-refractivity contribution in [3.8, 4) is 0 Å². The lowest BCUT2D eigenvalue weighted by Crippen LogP contribution is -2.43. The summed E-state index contributed by atoms with van der Waals surface area (Å²) in [5.74, 6) is -0.769. The number of hydrogen-bond donors (Lipinski definition) is 1. The molecule has 4 nitrogen and oxygen atoms in total. The second-order valence-corrected chi connectivity index (χ2v) is 9.16. The van der Waals surface area contributed by atoms with Crippen molar-refractivity contribution < 1.29 is 19.1 Å². The van der Waals surface area contributed by atoms with Crippen LogP contribution < -0.4 is 0 Å². The lowest BCUT2D eigenvalue weighted by Gasteiger charge is -2.28. The highest BCUT2D eigenvalue weighted by molar-refractivity contribution is 5.85. The molecule has 0 aromatic heterocycles. The van der Waals surface area contributed by atoms with Crippen molar-refractivity contribution in [2.24, 2.45) is 0 Å². The van der Waals surface area contributed by atoms with Gasteiger partial charge in [0.25, 0.3) is 0 Å². The summed E-state index contributed by atoms with van der Waals surface area (Å²) in [4.78, 5) is 11.0. The van der Waals surface area contributed by atoms with E-state index in [4.69, 9.17) is 9.84 Å². The zero-order valence-electron chi connectivity index (χ0n) is 19.2. The van der Waals surface area contributed by atoms with Crippen molar-refractivity contribution >= 4 is 18.4 Å². The van der Waals surface area contributed by atoms with Gasteiger partial charge in [-0.3, -0.25) is 4.79 Å². The van der Waals surface area contributed by atoms with E-state index < -0.39 is 5.97 Å². The van der Waals surface area contributed by atoms with E-state index in [0.717, 1.165) is 17.4 Å². The molecule has 0 saturated heterocycles. The van der Waals surface area contributed by atoms with Crippen LogP contribution in [0.1, 0.15) is 103 Å². The highest BCUT2D eigenvalue weighted by Crippen LogP contribution is 2.13. The average Bonchev–Trinajstić information content (AvgIpc) is 2.56. The highest BCUT2D eigenvalue weighted by atomic mass is 35.5. The number of rotatable bonds is 20. The summed E-state index contributed by atoms with van der Waals surface area (Å²) in [6, 6.07) is 0. The molecule has 0 fully saturated rings. The van der Waals surface area contributed by atoms with Gasteiger partial charge in [0.1, 0.15) is 12.6 Å². The largest absolute Gasteiger partial charge is 0.481 e. The first kappa shape index (κ1) is 29.9. The Kier molecular flexibility index (Phi) is 21.3. The minimum atomic E-state index is -0.769. The number of carboxylic acid groups (broad SMARTS) is 1. The van der Waals surface area contributed by atoms with E-state index in [0.29, 0.717) is 6.61 Å². The molecule has 1 N–H and O–H groups in total. The number of aliphatic carboxylic acids is 1. The second-order valence-electron chi connectivity index (χ2n) is 9.16. The summed E-state index contributed by atoms with van der Waals surface area (Å²) in [6.45, 7) is 3.70. The molecule has 0 rings (SSSR count). The van der Waals surface area contributed by atoms with Crippen molar-refractivity contribution in [3.63, 3.8) is 0 Å². The number of quaternary nitrogens is 1. The quantitative estimate of drug-likeness (QED) is 0.181. The molecule has 0 heterocycles. The molecule has 28 heavy (non-hydrogen) atoms. The van der Waals surface area contributed by atoms with Gasteiger partial charge in [0.05, 0.1) is 27.6 Å². The van der Waals surface area contributed by atoms with Crippen LogP contribution in [0.15, 0.2) is 0 Å². The van der Waals surface area contributed by atoms with Crippen LogP contribution in [0.5, 0.6) is 0 Å². The Bertz CT molecular complexity index is 345. The Morgan fingerprint density at radius 2 is 1.18 bits per heavy atom. The highest BCUT2D eigenvalue weighted by Gasteiger charge is 2.21. The molecule has 0 bridgehead atoms. The maximum absolute atomic E-state index is 11.0. The third-order valence-corrected chi connectivity index (χ3v) is 5.01. The number of likely N-dealkylation sites (N-methyl/N-ethyl adjacent to an activating group) is 1. The third-order valence-electron chi connectivity index (χ3n) is 5.01.